The molecule has 1 heterocycles. The molecule has 0 unspecified atom stereocenters. The van der Waals surface area contributed by atoms with Crippen molar-refractivity contribution in [1.82, 2.24) is 10.2 Å². The average molecular weight is 304 g/mol. The highest BCUT2D eigenvalue weighted by Crippen LogP contribution is 2.20. The summed E-state index contributed by atoms with van der Waals surface area (Å²) in [6.07, 6.45) is 2.89. The Morgan fingerprint density at radius 1 is 1.32 bits per heavy atom. The third-order valence-electron chi connectivity index (χ3n) is 4.47. The first kappa shape index (κ1) is 17.0. The van der Waals surface area contributed by atoms with E-state index in [0.29, 0.717) is 6.04 Å². The van der Waals surface area contributed by atoms with Crippen molar-refractivity contribution < 1.29 is 9.53 Å². The fourth-order valence-electron chi connectivity index (χ4n) is 3.08. The van der Waals surface area contributed by atoms with Gasteiger partial charge in [-0.25, -0.2) is 0 Å². The molecule has 1 N–H and O–H groups in total. The number of likely N-dealkylation sites (tertiary alicyclic amines) is 1. The molecule has 0 aromatic heterocycles. The number of nitrogens with one attached hydrogen (secondary N) is 1. The number of carbonyl (C=O) groups excluding carboxylic acids is 1. The molecule has 0 spiro atoms. The first-order valence-electron chi connectivity index (χ1n) is 8.31. The molecule has 1 aliphatic rings. The summed E-state index contributed by atoms with van der Waals surface area (Å²) in [4.78, 5) is 15.0. The van der Waals surface area contributed by atoms with E-state index in [1.807, 2.05) is 30.3 Å². The fraction of sp³-hybridized carbons (Fsp3) is 0.611. The lowest BCUT2D eigenvalue weighted by Gasteiger charge is -2.32. The van der Waals surface area contributed by atoms with Crippen LogP contribution in [0, 0.1) is 0 Å². The minimum Gasteiger partial charge on any atom is -0.383 e. The quantitative estimate of drug-likeness (QED) is 0.841. The number of rotatable bonds is 7. The largest absolute Gasteiger partial charge is 0.383 e. The fourth-order valence-corrected chi connectivity index (χ4v) is 3.08. The Hall–Kier alpha value is -1.39. The van der Waals surface area contributed by atoms with E-state index >= 15 is 0 Å². The van der Waals surface area contributed by atoms with Crippen molar-refractivity contribution in [3.8, 4) is 0 Å². The molecule has 0 radical (unpaired) electrons. The maximum absolute atomic E-state index is 12.6. The zero-order chi connectivity index (χ0) is 15.8. The molecule has 1 fully saturated rings. The van der Waals surface area contributed by atoms with E-state index in [1.165, 1.54) is 0 Å². The summed E-state index contributed by atoms with van der Waals surface area (Å²) < 4.78 is 5.12. The van der Waals surface area contributed by atoms with Crippen molar-refractivity contribution in [2.45, 2.75) is 38.1 Å². The number of piperidine rings is 1. The molecule has 4 heteroatoms. The van der Waals surface area contributed by atoms with Gasteiger partial charge in [-0.2, -0.15) is 0 Å². The first-order valence-corrected chi connectivity index (χ1v) is 8.31. The summed E-state index contributed by atoms with van der Waals surface area (Å²) in [7, 11) is 1.74. The van der Waals surface area contributed by atoms with Crippen molar-refractivity contribution >= 4 is 5.91 Å². The van der Waals surface area contributed by atoms with E-state index in [-0.39, 0.29) is 11.8 Å². The van der Waals surface area contributed by atoms with Gasteiger partial charge in [0.05, 0.1) is 12.5 Å². The Labute approximate surface area is 133 Å². The van der Waals surface area contributed by atoms with Crippen LogP contribution in [0.4, 0.5) is 0 Å². The molecule has 1 saturated heterocycles. The number of benzene rings is 1. The highest BCUT2D eigenvalue weighted by atomic mass is 16.5. The topological polar surface area (TPSA) is 41.6 Å². The van der Waals surface area contributed by atoms with Gasteiger partial charge < -0.3 is 15.0 Å². The van der Waals surface area contributed by atoms with Crippen molar-refractivity contribution in [1.29, 1.82) is 0 Å². The summed E-state index contributed by atoms with van der Waals surface area (Å²) in [5, 5.41) is 3.25. The molecular weight excluding hydrogens is 276 g/mol. The second-order valence-electron chi connectivity index (χ2n) is 5.99. The smallest absolute Gasteiger partial charge is 0.227 e. The summed E-state index contributed by atoms with van der Waals surface area (Å²) in [6, 6.07) is 10.4. The molecule has 4 nitrogen and oxygen atoms in total. The Morgan fingerprint density at radius 2 is 2.00 bits per heavy atom. The monoisotopic (exact) mass is 304 g/mol. The van der Waals surface area contributed by atoms with Gasteiger partial charge in [0.2, 0.25) is 5.91 Å². The van der Waals surface area contributed by atoms with E-state index in [0.717, 1.165) is 51.1 Å². The first-order chi connectivity index (χ1) is 10.7. The molecule has 0 aliphatic carbocycles. The lowest BCUT2D eigenvalue weighted by molar-refractivity contribution is -0.123. The number of hydrogen-bond acceptors (Lipinski definition) is 3. The average Bonchev–Trinajstić information content (AvgIpc) is 2.56. The van der Waals surface area contributed by atoms with Gasteiger partial charge in [0.25, 0.3) is 0 Å². The summed E-state index contributed by atoms with van der Waals surface area (Å²) in [6.45, 7) is 5.92. The van der Waals surface area contributed by atoms with Gasteiger partial charge >= 0.3 is 0 Å². The van der Waals surface area contributed by atoms with Crippen molar-refractivity contribution in [3.05, 3.63) is 35.9 Å². The molecule has 1 aliphatic heterocycles. The highest BCUT2D eigenvalue weighted by molar-refractivity contribution is 5.83. The van der Waals surface area contributed by atoms with Crippen LogP contribution < -0.4 is 5.32 Å². The summed E-state index contributed by atoms with van der Waals surface area (Å²) in [5.74, 6) is 0.136. The van der Waals surface area contributed by atoms with Crippen molar-refractivity contribution in [2.75, 3.05) is 33.4 Å². The standard InChI is InChI=1S/C18H28N2O2/c1-3-17(15-7-5-4-6-8-15)18(21)19-16-9-11-20(12-10-16)13-14-22-2/h4-8,16-17H,3,9-14H2,1-2H3,(H,19,21)/t17-/m1/s1. The Balaban J connectivity index is 1.82. The van der Waals surface area contributed by atoms with Crippen molar-refractivity contribution in [3.63, 3.8) is 0 Å². The van der Waals surface area contributed by atoms with Gasteiger partial charge in [0.1, 0.15) is 0 Å². The second kappa shape index (κ2) is 8.91. The number of carbonyl (C=O) groups is 1. The van der Waals surface area contributed by atoms with E-state index < -0.39 is 0 Å². The van der Waals surface area contributed by atoms with Gasteiger partial charge in [0, 0.05) is 32.8 Å². The molecular formula is C18H28N2O2. The van der Waals surface area contributed by atoms with Gasteiger partial charge in [-0.3, -0.25) is 4.79 Å². The molecule has 122 valence electrons. The highest BCUT2D eigenvalue weighted by Gasteiger charge is 2.24. The van der Waals surface area contributed by atoms with Gasteiger partial charge in [0.15, 0.2) is 0 Å². The third-order valence-corrected chi connectivity index (χ3v) is 4.47. The van der Waals surface area contributed by atoms with Crippen LogP contribution >= 0.6 is 0 Å². The van der Waals surface area contributed by atoms with E-state index in [2.05, 4.69) is 17.1 Å². The van der Waals surface area contributed by atoms with Crippen LogP contribution in [0.1, 0.15) is 37.7 Å². The molecule has 1 atom stereocenters. The number of hydrogen-bond donors (Lipinski definition) is 1. The molecule has 2 rings (SSSR count). The third kappa shape index (κ3) is 4.82. The predicted molar refractivity (Wildman–Crippen MR) is 89.0 cm³/mol. The zero-order valence-electron chi connectivity index (χ0n) is 13.8. The number of amides is 1. The maximum Gasteiger partial charge on any atom is 0.227 e. The maximum atomic E-state index is 12.6. The zero-order valence-corrected chi connectivity index (χ0v) is 13.8. The van der Waals surface area contributed by atoms with E-state index in [9.17, 15) is 4.79 Å². The Morgan fingerprint density at radius 3 is 2.59 bits per heavy atom. The summed E-state index contributed by atoms with van der Waals surface area (Å²) in [5.41, 5.74) is 1.11. The van der Waals surface area contributed by atoms with Crippen LogP contribution in [0.5, 0.6) is 0 Å². The number of nitrogens with zero attached hydrogens (tertiary/aromatic N) is 1. The number of methoxy groups -OCH3 is 1. The molecule has 1 aromatic rings. The lowest BCUT2D eigenvalue weighted by atomic mass is 9.94. The molecule has 1 aromatic carbocycles. The molecule has 22 heavy (non-hydrogen) atoms. The van der Waals surface area contributed by atoms with Crippen LogP contribution in [-0.4, -0.2) is 50.2 Å². The Kier molecular flexibility index (Phi) is 6.87. The van der Waals surface area contributed by atoms with Crippen molar-refractivity contribution in [2.24, 2.45) is 0 Å². The van der Waals surface area contributed by atoms with E-state index in [4.69, 9.17) is 4.74 Å². The minimum absolute atomic E-state index is 0.0345. The van der Waals surface area contributed by atoms with Gasteiger partial charge in [-0.1, -0.05) is 37.3 Å². The minimum atomic E-state index is -0.0345. The summed E-state index contributed by atoms with van der Waals surface area (Å²) >= 11 is 0. The molecule has 0 bridgehead atoms. The van der Waals surface area contributed by atoms with Crippen LogP contribution in [0.15, 0.2) is 30.3 Å². The van der Waals surface area contributed by atoms with Crippen LogP contribution in [0.3, 0.4) is 0 Å². The lowest BCUT2D eigenvalue weighted by Crippen LogP contribution is -2.46. The van der Waals surface area contributed by atoms with Crippen LogP contribution in [-0.2, 0) is 9.53 Å². The van der Waals surface area contributed by atoms with Gasteiger partial charge in [-0.05, 0) is 24.8 Å². The van der Waals surface area contributed by atoms with Gasteiger partial charge in [-0.15, -0.1) is 0 Å². The SMILES string of the molecule is CC[C@@H](C(=O)NC1CCN(CCOC)CC1)c1ccccc1. The molecule has 0 saturated carbocycles. The Bertz CT molecular complexity index is 442. The normalized spacial score (nSPS) is 18.1. The van der Waals surface area contributed by atoms with Crippen LogP contribution in [0.2, 0.25) is 0 Å². The van der Waals surface area contributed by atoms with E-state index in [1.54, 1.807) is 7.11 Å². The number of ether oxygens (including phenoxy) is 1. The predicted octanol–water partition coefficient (Wildman–Crippen LogP) is 2.41. The van der Waals surface area contributed by atoms with Crippen LogP contribution in [0.25, 0.3) is 0 Å². The second-order valence-corrected chi connectivity index (χ2v) is 5.99. The molecule has 1 amide bonds.